The van der Waals surface area contributed by atoms with Crippen LogP contribution in [0.1, 0.15) is 12.0 Å². The van der Waals surface area contributed by atoms with Crippen molar-refractivity contribution in [2.24, 2.45) is 0 Å². The average Bonchev–Trinajstić information content (AvgIpc) is 2.57. The fourth-order valence-electron chi connectivity index (χ4n) is 2.12. The summed E-state index contributed by atoms with van der Waals surface area (Å²) in [5.41, 5.74) is 0.660. The zero-order valence-electron chi connectivity index (χ0n) is 13.0. The predicted octanol–water partition coefficient (Wildman–Crippen LogP) is 4.57. The number of nitrogens with one attached hydrogen (secondary N) is 2. The van der Waals surface area contributed by atoms with Crippen molar-refractivity contribution in [3.05, 3.63) is 63.4 Å². The van der Waals surface area contributed by atoms with E-state index in [4.69, 9.17) is 23.2 Å². The number of halogens is 5. The minimum atomic E-state index is -1.55. The highest BCUT2D eigenvalue weighted by Crippen LogP contribution is 2.21. The van der Waals surface area contributed by atoms with E-state index in [0.29, 0.717) is 23.0 Å². The van der Waals surface area contributed by atoms with Gasteiger partial charge in [0, 0.05) is 29.6 Å². The van der Waals surface area contributed by atoms with Gasteiger partial charge in [-0.2, -0.15) is 0 Å². The molecule has 0 saturated heterocycles. The van der Waals surface area contributed by atoms with Gasteiger partial charge in [-0.25, -0.2) is 13.2 Å². The van der Waals surface area contributed by atoms with Crippen LogP contribution >= 0.6 is 23.2 Å². The van der Waals surface area contributed by atoms with E-state index in [9.17, 15) is 18.0 Å². The van der Waals surface area contributed by atoms with Crippen molar-refractivity contribution in [3.8, 4) is 0 Å². The summed E-state index contributed by atoms with van der Waals surface area (Å²) in [6, 6.07) is 7.01. The summed E-state index contributed by atoms with van der Waals surface area (Å²) in [7, 11) is 0. The number of anilines is 1. The Kier molecular flexibility index (Phi) is 6.96. The molecule has 0 aromatic heterocycles. The van der Waals surface area contributed by atoms with E-state index in [1.807, 2.05) is 0 Å². The first-order chi connectivity index (χ1) is 11.9. The number of carbonyl (C=O) groups is 1. The third-order valence-corrected chi connectivity index (χ3v) is 4.02. The first kappa shape index (κ1) is 19.4. The second kappa shape index (κ2) is 8.97. The lowest BCUT2D eigenvalue weighted by Crippen LogP contribution is -2.27. The zero-order chi connectivity index (χ0) is 18.4. The molecule has 2 aromatic carbocycles. The number of hydrogen-bond acceptors (Lipinski definition) is 2. The van der Waals surface area contributed by atoms with Crippen molar-refractivity contribution < 1.29 is 18.0 Å². The lowest BCUT2D eigenvalue weighted by Gasteiger charge is -2.09. The normalized spacial score (nSPS) is 10.6. The molecule has 2 N–H and O–H groups in total. The van der Waals surface area contributed by atoms with E-state index in [1.165, 1.54) is 0 Å². The molecule has 25 heavy (non-hydrogen) atoms. The molecule has 3 nitrogen and oxygen atoms in total. The van der Waals surface area contributed by atoms with Gasteiger partial charge in [0.2, 0.25) is 5.91 Å². The van der Waals surface area contributed by atoms with Gasteiger partial charge in [0.05, 0.1) is 5.69 Å². The average molecular weight is 391 g/mol. The van der Waals surface area contributed by atoms with Crippen LogP contribution in [-0.2, 0) is 11.2 Å². The highest BCUT2D eigenvalue weighted by molar-refractivity contribution is 6.35. The van der Waals surface area contributed by atoms with Crippen LogP contribution in [0.4, 0.5) is 18.9 Å². The van der Waals surface area contributed by atoms with Crippen LogP contribution < -0.4 is 10.6 Å². The van der Waals surface area contributed by atoms with Crippen molar-refractivity contribution in [2.75, 3.05) is 18.4 Å². The minimum absolute atomic E-state index is 0.0484. The van der Waals surface area contributed by atoms with E-state index in [-0.39, 0.29) is 24.6 Å². The molecule has 0 aliphatic heterocycles. The van der Waals surface area contributed by atoms with Crippen LogP contribution in [0, 0.1) is 17.5 Å². The Hall–Kier alpha value is -1.92. The molecule has 1 amide bonds. The van der Waals surface area contributed by atoms with Gasteiger partial charge in [0.1, 0.15) is 0 Å². The van der Waals surface area contributed by atoms with Gasteiger partial charge < -0.3 is 10.6 Å². The SMILES string of the molecule is O=C(CCNc1ccc(F)c(F)c1F)NCCc1ccc(Cl)cc1Cl. The minimum Gasteiger partial charge on any atom is -0.382 e. The molecule has 2 rings (SSSR count). The summed E-state index contributed by atoms with van der Waals surface area (Å²) in [4.78, 5) is 11.7. The van der Waals surface area contributed by atoms with Crippen LogP contribution in [0.2, 0.25) is 10.0 Å². The first-order valence-corrected chi connectivity index (χ1v) is 8.22. The second-order valence-corrected chi connectivity index (χ2v) is 6.08. The molecule has 8 heteroatoms. The standard InChI is InChI=1S/C17H15Cl2F3N2O/c18-11-2-1-10(12(19)9-11)5-7-24-15(25)6-8-23-14-4-3-13(20)16(21)17(14)22/h1-4,9,23H,5-8H2,(H,24,25). The third-order valence-electron chi connectivity index (χ3n) is 3.43. The summed E-state index contributed by atoms with van der Waals surface area (Å²) in [6.45, 7) is 0.454. The predicted molar refractivity (Wildman–Crippen MR) is 92.6 cm³/mol. The van der Waals surface area contributed by atoms with Crippen LogP contribution in [-0.4, -0.2) is 19.0 Å². The van der Waals surface area contributed by atoms with Crippen LogP contribution in [0.3, 0.4) is 0 Å². The molecule has 0 saturated carbocycles. The smallest absolute Gasteiger partial charge is 0.221 e. The highest BCUT2D eigenvalue weighted by atomic mass is 35.5. The summed E-state index contributed by atoms with van der Waals surface area (Å²) in [5.74, 6) is -4.38. The fraction of sp³-hybridized carbons (Fsp3) is 0.235. The highest BCUT2D eigenvalue weighted by Gasteiger charge is 2.13. The van der Waals surface area contributed by atoms with E-state index in [0.717, 1.165) is 17.7 Å². The quantitative estimate of drug-likeness (QED) is 0.679. The first-order valence-electron chi connectivity index (χ1n) is 7.46. The largest absolute Gasteiger partial charge is 0.382 e. The Morgan fingerprint density at radius 2 is 1.76 bits per heavy atom. The maximum Gasteiger partial charge on any atom is 0.221 e. The van der Waals surface area contributed by atoms with E-state index < -0.39 is 17.5 Å². The molecule has 0 fully saturated rings. The zero-order valence-corrected chi connectivity index (χ0v) is 14.5. The van der Waals surface area contributed by atoms with E-state index in [2.05, 4.69) is 10.6 Å². The fourth-order valence-corrected chi connectivity index (χ4v) is 2.63. The molecule has 0 heterocycles. The number of benzene rings is 2. The van der Waals surface area contributed by atoms with Crippen LogP contribution in [0.25, 0.3) is 0 Å². The Balaban J connectivity index is 1.73. The van der Waals surface area contributed by atoms with Crippen LogP contribution in [0.15, 0.2) is 30.3 Å². The molecule has 0 bridgehead atoms. The van der Waals surface area contributed by atoms with E-state index >= 15 is 0 Å². The molecule has 0 aliphatic rings. The lowest BCUT2D eigenvalue weighted by molar-refractivity contribution is -0.120. The molecule has 0 atom stereocenters. The van der Waals surface area contributed by atoms with Gasteiger partial charge in [-0.15, -0.1) is 0 Å². The van der Waals surface area contributed by atoms with Crippen molar-refractivity contribution in [3.63, 3.8) is 0 Å². The summed E-state index contributed by atoms with van der Waals surface area (Å²) in [5, 5.41) is 6.31. The van der Waals surface area contributed by atoms with Gasteiger partial charge in [0.25, 0.3) is 0 Å². The Morgan fingerprint density at radius 1 is 1.00 bits per heavy atom. The van der Waals surface area contributed by atoms with Crippen molar-refractivity contribution in [1.29, 1.82) is 0 Å². The summed E-state index contributed by atoms with van der Waals surface area (Å²) >= 11 is 11.8. The third kappa shape index (κ3) is 5.54. The molecule has 0 radical (unpaired) electrons. The number of carbonyl (C=O) groups excluding carboxylic acids is 1. The van der Waals surface area contributed by atoms with Crippen LogP contribution in [0.5, 0.6) is 0 Å². The van der Waals surface area contributed by atoms with Crippen molar-refractivity contribution >= 4 is 34.8 Å². The Morgan fingerprint density at radius 3 is 2.48 bits per heavy atom. The molecule has 0 unspecified atom stereocenters. The summed E-state index contributed by atoms with van der Waals surface area (Å²) in [6.07, 6.45) is 0.583. The number of rotatable bonds is 7. The molecule has 2 aromatic rings. The van der Waals surface area contributed by atoms with Gasteiger partial charge in [-0.3, -0.25) is 4.79 Å². The summed E-state index contributed by atoms with van der Waals surface area (Å²) < 4.78 is 39.3. The number of amides is 1. The molecular formula is C17H15Cl2F3N2O. The number of hydrogen-bond donors (Lipinski definition) is 2. The van der Waals surface area contributed by atoms with Gasteiger partial charge in [-0.1, -0.05) is 29.3 Å². The van der Waals surface area contributed by atoms with Crippen molar-refractivity contribution in [1.82, 2.24) is 5.32 Å². The maximum atomic E-state index is 13.4. The monoisotopic (exact) mass is 390 g/mol. The Bertz CT molecular complexity index is 772. The topological polar surface area (TPSA) is 41.1 Å². The molecule has 0 aliphatic carbocycles. The van der Waals surface area contributed by atoms with Crippen molar-refractivity contribution in [2.45, 2.75) is 12.8 Å². The van der Waals surface area contributed by atoms with Gasteiger partial charge >= 0.3 is 0 Å². The molecular weight excluding hydrogens is 376 g/mol. The lowest BCUT2D eigenvalue weighted by atomic mass is 10.1. The second-order valence-electron chi connectivity index (χ2n) is 5.24. The maximum absolute atomic E-state index is 13.4. The Labute approximate surface area is 153 Å². The van der Waals surface area contributed by atoms with Gasteiger partial charge in [-0.05, 0) is 36.2 Å². The van der Waals surface area contributed by atoms with Gasteiger partial charge in [0.15, 0.2) is 17.5 Å². The van der Waals surface area contributed by atoms with E-state index in [1.54, 1.807) is 18.2 Å². The molecule has 134 valence electrons. The molecule has 0 spiro atoms.